The van der Waals surface area contributed by atoms with Gasteiger partial charge in [-0.25, -0.2) is 0 Å². The van der Waals surface area contributed by atoms with E-state index in [4.69, 9.17) is 17.0 Å². The minimum atomic E-state index is 0.149. The first-order valence-electron chi connectivity index (χ1n) is 4.70. The quantitative estimate of drug-likeness (QED) is 0.742. The molecule has 0 aromatic rings. The van der Waals surface area contributed by atoms with E-state index in [1.165, 1.54) is 11.8 Å². The van der Waals surface area contributed by atoms with E-state index < -0.39 is 0 Å². The Kier molecular flexibility index (Phi) is 5.44. The monoisotopic (exact) mass is 233 g/mol. The zero-order chi connectivity index (χ0) is 10.4. The maximum absolute atomic E-state index is 10.7. The van der Waals surface area contributed by atoms with E-state index in [0.717, 1.165) is 26.0 Å². The van der Waals surface area contributed by atoms with Crippen molar-refractivity contribution in [2.45, 2.75) is 25.9 Å². The molecule has 1 heterocycles. The molecule has 0 bridgehead atoms. The van der Waals surface area contributed by atoms with Gasteiger partial charge in [0, 0.05) is 13.2 Å². The summed E-state index contributed by atoms with van der Waals surface area (Å²) in [6.07, 6.45) is 2.54. The fourth-order valence-electron chi connectivity index (χ4n) is 1.22. The average molecular weight is 233 g/mol. The number of nitrogens with one attached hydrogen (secondary N) is 1. The Morgan fingerprint density at radius 2 is 2.50 bits per heavy atom. The molecule has 5 heteroatoms. The molecule has 0 saturated carbocycles. The zero-order valence-electron chi connectivity index (χ0n) is 8.25. The largest absolute Gasteiger partial charge is 0.376 e. The van der Waals surface area contributed by atoms with Crippen LogP contribution in [0.25, 0.3) is 0 Å². The van der Waals surface area contributed by atoms with E-state index in [9.17, 15) is 4.79 Å². The predicted octanol–water partition coefficient (Wildman–Crippen LogP) is 1.36. The van der Waals surface area contributed by atoms with Crippen molar-refractivity contribution < 1.29 is 9.53 Å². The highest BCUT2D eigenvalue weighted by atomic mass is 32.2. The SMILES string of the molecule is CC(=O)CSC(=S)NCC1CCCO1. The number of hydrogen-bond donors (Lipinski definition) is 1. The van der Waals surface area contributed by atoms with Gasteiger partial charge in [0.15, 0.2) is 0 Å². The number of thiocarbonyl (C=S) groups is 1. The van der Waals surface area contributed by atoms with E-state index in [-0.39, 0.29) is 5.78 Å². The summed E-state index contributed by atoms with van der Waals surface area (Å²) in [6.45, 7) is 3.19. The highest BCUT2D eigenvalue weighted by Crippen LogP contribution is 2.11. The molecule has 1 N–H and O–H groups in total. The standard InChI is InChI=1S/C9H15NO2S2/c1-7(11)6-14-9(13)10-5-8-3-2-4-12-8/h8H,2-6H2,1H3,(H,10,13). The number of Topliss-reactive ketones (excluding diaryl/α,β-unsaturated/α-hetero) is 1. The second-order valence-electron chi connectivity index (χ2n) is 3.29. The third kappa shape index (κ3) is 4.93. The Bertz CT molecular complexity index is 215. The van der Waals surface area contributed by atoms with Crippen LogP contribution in [0.5, 0.6) is 0 Å². The number of ether oxygens (including phenoxy) is 1. The summed E-state index contributed by atoms with van der Waals surface area (Å²) in [5.74, 6) is 0.605. The molecule has 1 saturated heterocycles. The second-order valence-corrected chi connectivity index (χ2v) is 4.95. The minimum Gasteiger partial charge on any atom is -0.376 e. The number of carbonyl (C=O) groups excluding carboxylic acids is 1. The van der Waals surface area contributed by atoms with Gasteiger partial charge in [0.05, 0.1) is 11.9 Å². The number of hydrogen-bond acceptors (Lipinski definition) is 4. The average Bonchev–Trinajstić information content (AvgIpc) is 2.63. The molecule has 0 radical (unpaired) electrons. The summed E-state index contributed by atoms with van der Waals surface area (Å²) in [7, 11) is 0. The second kappa shape index (κ2) is 6.37. The van der Waals surface area contributed by atoms with Crippen LogP contribution < -0.4 is 5.32 Å². The number of ketones is 1. The molecule has 1 aliphatic rings. The Hall–Kier alpha value is -0.130. The van der Waals surface area contributed by atoms with Crippen LogP contribution in [0.2, 0.25) is 0 Å². The third-order valence-electron chi connectivity index (χ3n) is 1.90. The van der Waals surface area contributed by atoms with E-state index in [1.54, 1.807) is 6.92 Å². The third-order valence-corrected chi connectivity index (χ3v) is 3.36. The first-order chi connectivity index (χ1) is 6.68. The molecule has 1 fully saturated rings. The molecule has 1 unspecified atom stereocenters. The van der Waals surface area contributed by atoms with E-state index in [2.05, 4.69) is 5.32 Å². The molecule has 0 amide bonds. The summed E-state index contributed by atoms with van der Waals surface area (Å²) in [5, 5.41) is 3.10. The highest BCUT2D eigenvalue weighted by molar-refractivity contribution is 8.23. The summed E-state index contributed by atoms with van der Waals surface area (Å²) in [5.41, 5.74) is 0. The summed E-state index contributed by atoms with van der Waals surface area (Å²) >= 11 is 6.43. The van der Waals surface area contributed by atoms with E-state index in [1.807, 2.05) is 0 Å². The summed E-state index contributed by atoms with van der Waals surface area (Å²) < 4.78 is 6.12. The van der Waals surface area contributed by atoms with Crippen molar-refractivity contribution in [1.29, 1.82) is 0 Å². The molecular formula is C9H15NO2S2. The molecular weight excluding hydrogens is 218 g/mol. The van der Waals surface area contributed by atoms with E-state index >= 15 is 0 Å². The van der Waals surface area contributed by atoms with Gasteiger partial charge in [-0.2, -0.15) is 0 Å². The fourth-order valence-corrected chi connectivity index (χ4v) is 2.00. The lowest BCUT2D eigenvalue weighted by atomic mass is 10.2. The smallest absolute Gasteiger partial charge is 0.140 e. The predicted molar refractivity (Wildman–Crippen MR) is 62.7 cm³/mol. The molecule has 0 aliphatic carbocycles. The maximum atomic E-state index is 10.7. The number of carbonyl (C=O) groups is 1. The lowest BCUT2D eigenvalue weighted by Gasteiger charge is -2.11. The van der Waals surface area contributed by atoms with Crippen molar-refractivity contribution in [2.75, 3.05) is 18.9 Å². The van der Waals surface area contributed by atoms with Crippen LogP contribution in [0.15, 0.2) is 0 Å². The Labute approximate surface area is 94.0 Å². The first kappa shape index (κ1) is 11.9. The normalized spacial score (nSPS) is 20.8. The molecule has 1 rings (SSSR count). The zero-order valence-corrected chi connectivity index (χ0v) is 9.88. The van der Waals surface area contributed by atoms with Crippen molar-refractivity contribution in [3.63, 3.8) is 0 Å². The molecule has 1 aliphatic heterocycles. The van der Waals surface area contributed by atoms with Gasteiger partial charge in [-0.15, -0.1) is 0 Å². The first-order valence-corrected chi connectivity index (χ1v) is 6.09. The summed E-state index contributed by atoms with van der Waals surface area (Å²) in [6, 6.07) is 0. The molecule has 0 spiro atoms. The van der Waals surface area contributed by atoms with Crippen molar-refractivity contribution in [3.8, 4) is 0 Å². The van der Waals surface area contributed by atoms with Crippen LogP contribution in [-0.2, 0) is 9.53 Å². The van der Waals surface area contributed by atoms with Crippen LogP contribution in [-0.4, -0.2) is 35.1 Å². The van der Waals surface area contributed by atoms with Crippen molar-refractivity contribution in [2.24, 2.45) is 0 Å². The number of rotatable bonds is 4. The Morgan fingerprint density at radius 3 is 3.07 bits per heavy atom. The van der Waals surface area contributed by atoms with Gasteiger partial charge in [-0.05, 0) is 19.8 Å². The van der Waals surface area contributed by atoms with Crippen LogP contribution in [0.3, 0.4) is 0 Å². The van der Waals surface area contributed by atoms with Crippen molar-refractivity contribution in [1.82, 2.24) is 5.32 Å². The Morgan fingerprint density at radius 1 is 1.71 bits per heavy atom. The molecule has 14 heavy (non-hydrogen) atoms. The number of thioether (sulfide) groups is 1. The lowest BCUT2D eigenvalue weighted by molar-refractivity contribution is -0.114. The maximum Gasteiger partial charge on any atom is 0.140 e. The fraction of sp³-hybridized carbons (Fsp3) is 0.778. The van der Waals surface area contributed by atoms with Crippen molar-refractivity contribution in [3.05, 3.63) is 0 Å². The topological polar surface area (TPSA) is 38.3 Å². The molecule has 0 aromatic carbocycles. The van der Waals surface area contributed by atoms with Gasteiger partial charge < -0.3 is 10.1 Å². The molecule has 80 valence electrons. The lowest BCUT2D eigenvalue weighted by Crippen LogP contribution is -2.29. The van der Waals surface area contributed by atoms with Gasteiger partial charge in [0.1, 0.15) is 10.1 Å². The van der Waals surface area contributed by atoms with Crippen LogP contribution in [0, 0.1) is 0 Å². The summed E-state index contributed by atoms with van der Waals surface area (Å²) in [4.78, 5) is 10.7. The van der Waals surface area contributed by atoms with Crippen LogP contribution >= 0.6 is 24.0 Å². The molecule has 3 nitrogen and oxygen atoms in total. The van der Waals surface area contributed by atoms with Gasteiger partial charge >= 0.3 is 0 Å². The Balaban J connectivity index is 2.05. The highest BCUT2D eigenvalue weighted by Gasteiger charge is 2.15. The molecule has 1 atom stereocenters. The van der Waals surface area contributed by atoms with Gasteiger partial charge in [0.25, 0.3) is 0 Å². The van der Waals surface area contributed by atoms with Crippen LogP contribution in [0.4, 0.5) is 0 Å². The minimum absolute atomic E-state index is 0.149. The van der Waals surface area contributed by atoms with E-state index in [0.29, 0.717) is 16.2 Å². The molecule has 0 aromatic heterocycles. The van der Waals surface area contributed by atoms with Gasteiger partial charge in [-0.3, -0.25) is 4.79 Å². The van der Waals surface area contributed by atoms with Crippen molar-refractivity contribution >= 4 is 34.1 Å². The van der Waals surface area contributed by atoms with Gasteiger partial charge in [0.2, 0.25) is 0 Å². The van der Waals surface area contributed by atoms with Gasteiger partial charge in [-0.1, -0.05) is 24.0 Å². The van der Waals surface area contributed by atoms with Crippen LogP contribution in [0.1, 0.15) is 19.8 Å².